The number of rotatable bonds is 3. The first kappa shape index (κ1) is 21.3. The Hall–Kier alpha value is -3.53. The number of carbonyl (C=O) groups excluding carboxylic acids is 2. The Morgan fingerprint density at radius 1 is 1.24 bits per heavy atom. The van der Waals surface area contributed by atoms with Gasteiger partial charge in [0.05, 0.1) is 12.1 Å². The van der Waals surface area contributed by atoms with Gasteiger partial charge in [0, 0.05) is 43.5 Å². The molecule has 5 rings (SSSR count). The number of hydrogen-bond donors (Lipinski definition) is 1. The number of imide groups is 1. The van der Waals surface area contributed by atoms with Crippen molar-refractivity contribution in [1.29, 1.82) is 0 Å². The second kappa shape index (κ2) is 8.11. The highest BCUT2D eigenvalue weighted by atomic mass is 16.2. The lowest BCUT2D eigenvalue weighted by Crippen LogP contribution is -2.64. The minimum Gasteiger partial charge on any atom is -0.341 e. The van der Waals surface area contributed by atoms with Gasteiger partial charge in [0.25, 0.3) is 5.91 Å². The van der Waals surface area contributed by atoms with E-state index < -0.39 is 18.2 Å². The summed E-state index contributed by atoms with van der Waals surface area (Å²) in [5, 5.41) is 0.945. The van der Waals surface area contributed by atoms with Gasteiger partial charge in [0.1, 0.15) is 5.82 Å². The number of aliphatic imine (C=N–C) groups is 1. The Morgan fingerprint density at radius 3 is 2.79 bits per heavy atom. The number of carbonyl (C=O) groups is 2. The number of aromatic nitrogens is 2. The molecule has 4 heterocycles. The monoisotopic (exact) mass is 448 g/mol. The van der Waals surface area contributed by atoms with Crippen molar-refractivity contribution in [3.05, 3.63) is 48.6 Å². The van der Waals surface area contributed by atoms with E-state index in [0.29, 0.717) is 18.3 Å². The smallest absolute Gasteiger partial charge is 0.328 e. The first-order valence-electron chi connectivity index (χ1n) is 11.2. The summed E-state index contributed by atoms with van der Waals surface area (Å²) < 4.78 is 0. The van der Waals surface area contributed by atoms with Crippen molar-refractivity contribution < 1.29 is 9.59 Å². The molecule has 10 heteroatoms. The van der Waals surface area contributed by atoms with Gasteiger partial charge in [-0.25, -0.2) is 19.8 Å². The van der Waals surface area contributed by atoms with Crippen molar-refractivity contribution in [2.24, 2.45) is 10.7 Å². The summed E-state index contributed by atoms with van der Waals surface area (Å²) in [4.78, 5) is 47.3. The van der Waals surface area contributed by atoms with Crippen LogP contribution in [0.25, 0.3) is 10.9 Å². The molecule has 2 aromatic rings. The first-order valence-corrected chi connectivity index (χ1v) is 11.2. The van der Waals surface area contributed by atoms with Gasteiger partial charge in [-0.1, -0.05) is 24.8 Å². The maximum Gasteiger partial charge on any atom is 0.328 e. The molecule has 0 radical (unpaired) electrons. The average molecular weight is 449 g/mol. The van der Waals surface area contributed by atoms with Crippen LogP contribution in [0.3, 0.4) is 0 Å². The number of nitrogens with zero attached hydrogens (tertiary/aromatic N) is 7. The molecule has 3 aliphatic rings. The number of aryl methyl sites for hydroxylation is 1. The van der Waals surface area contributed by atoms with Gasteiger partial charge >= 0.3 is 6.03 Å². The molecule has 3 aliphatic heterocycles. The standard InChI is InChI=1S/C23H28N8O2/c1-4-30-19-20(27-22(30)29-11-7-8-15(24)12-29)28(3)23(33)31(21(19)32)13-18-25-14(2)16-9-5-6-10-17(16)26-18/h4-6,9-10,15,19-20H,1,7-8,11-13,24H2,2-3H3. The fourth-order valence-corrected chi connectivity index (χ4v) is 4.91. The number of guanidine groups is 1. The molecule has 3 atom stereocenters. The van der Waals surface area contributed by atoms with Crippen LogP contribution in [0, 0.1) is 6.92 Å². The second-order valence-corrected chi connectivity index (χ2v) is 8.79. The Kier molecular flexibility index (Phi) is 5.24. The number of likely N-dealkylation sites (N-methyl/N-ethyl adjacent to an activating group) is 1. The quantitative estimate of drug-likeness (QED) is 0.753. The van der Waals surface area contributed by atoms with Crippen LogP contribution in [-0.4, -0.2) is 85.9 Å². The predicted molar refractivity (Wildman–Crippen MR) is 124 cm³/mol. The molecule has 1 aromatic carbocycles. The van der Waals surface area contributed by atoms with Gasteiger partial charge in [0.15, 0.2) is 12.2 Å². The third kappa shape index (κ3) is 3.50. The van der Waals surface area contributed by atoms with Crippen molar-refractivity contribution in [1.82, 2.24) is 29.6 Å². The molecule has 2 fully saturated rings. The molecule has 3 unspecified atom stereocenters. The lowest BCUT2D eigenvalue weighted by molar-refractivity contribution is -0.137. The molecule has 0 saturated carbocycles. The Bertz CT molecular complexity index is 1160. The van der Waals surface area contributed by atoms with Crippen molar-refractivity contribution in [3.8, 4) is 0 Å². The van der Waals surface area contributed by atoms with E-state index in [1.165, 1.54) is 9.80 Å². The van der Waals surface area contributed by atoms with Crippen LogP contribution in [0.2, 0.25) is 0 Å². The number of urea groups is 1. The molecular formula is C23H28N8O2. The largest absolute Gasteiger partial charge is 0.341 e. The molecule has 10 nitrogen and oxygen atoms in total. The maximum absolute atomic E-state index is 13.6. The summed E-state index contributed by atoms with van der Waals surface area (Å²) in [6.45, 7) is 7.27. The molecule has 2 N–H and O–H groups in total. The molecule has 3 amide bonds. The minimum absolute atomic E-state index is 0.00813. The fraction of sp³-hybridized carbons (Fsp3) is 0.435. The normalized spacial score (nSPS) is 25.5. The fourth-order valence-electron chi connectivity index (χ4n) is 4.91. The topological polar surface area (TPSA) is 111 Å². The number of likely N-dealkylation sites (tertiary alicyclic amines) is 1. The number of nitrogens with two attached hydrogens (primary N) is 1. The lowest BCUT2D eigenvalue weighted by atomic mass is 10.1. The van der Waals surface area contributed by atoms with Crippen LogP contribution in [0.5, 0.6) is 0 Å². The van der Waals surface area contributed by atoms with Gasteiger partial charge in [-0.15, -0.1) is 0 Å². The highest BCUT2D eigenvalue weighted by Crippen LogP contribution is 2.30. The molecule has 33 heavy (non-hydrogen) atoms. The van der Waals surface area contributed by atoms with Crippen LogP contribution in [0.1, 0.15) is 24.4 Å². The minimum atomic E-state index is -0.681. The Balaban J connectivity index is 1.44. The van der Waals surface area contributed by atoms with Crippen LogP contribution in [0.4, 0.5) is 4.79 Å². The zero-order valence-electron chi connectivity index (χ0n) is 18.9. The summed E-state index contributed by atoms with van der Waals surface area (Å²) >= 11 is 0. The number of fused-ring (bicyclic) bond motifs is 2. The third-order valence-corrected chi connectivity index (χ3v) is 6.59. The third-order valence-electron chi connectivity index (χ3n) is 6.59. The van der Waals surface area contributed by atoms with Crippen LogP contribution >= 0.6 is 0 Å². The molecule has 1 aromatic heterocycles. The van der Waals surface area contributed by atoms with Crippen molar-refractivity contribution in [2.75, 3.05) is 20.1 Å². The summed E-state index contributed by atoms with van der Waals surface area (Å²) in [6, 6.07) is 6.64. The van der Waals surface area contributed by atoms with Crippen LogP contribution in [0.15, 0.2) is 42.0 Å². The van der Waals surface area contributed by atoms with E-state index in [1.54, 1.807) is 18.1 Å². The van der Waals surface area contributed by atoms with Crippen molar-refractivity contribution in [2.45, 2.75) is 44.6 Å². The molecule has 0 aliphatic carbocycles. The average Bonchev–Trinajstić information content (AvgIpc) is 3.20. The summed E-state index contributed by atoms with van der Waals surface area (Å²) in [5.74, 6) is 0.728. The molecular weight excluding hydrogens is 420 g/mol. The Labute approximate surface area is 192 Å². The Morgan fingerprint density at radius 2 is 2.03 bits per heavy atom. The highest BCUT2D eigenvalue weighted by molar-refractivity contribution is 6.04. The summed E-state index contributed by atoms with van der Waals surface area (Å²) in [6.07, 6.45) is 2.90. The van der Waals surface area contributed by atoms with E-state index >= 15 is 0 Å². The van der Waals surface area contributed by atoms with E-state index in [9.17, 15) is 9.59 Å². The SMILES string of the molecule is C=CN1C(N2CCCC(N)C2)=NC2C1C(=O)N(Cc1nc(C)c3ccccc3n1)C(=O)N2C. The van der Waals surface area contributed by atoms with E-state index in [1.807, 2.05) is 31.2 Å². The summed E-state index contributed by atoms with van der Waals surface area (Å²) in [7, 11) is 1.67. The van der Waals surface area contributed by atoms with Gasteiger partial charge in [-0.2, -0.15) is 0 Å². The van der Waals surface area contributed by atoms with Crippen LogP contribution in [-0.2, 0) is 11.3 Å². The molecule has 2 saturated heterocycles. The van der Waals surface area contributed by atoms with Gasteiger partial charge in [0.2, 0.25) is 5.96 Å². The maximum atomic E-state index is 13.6. The van der Waals surface area contributed by atoms with E-state index in [4.69, 9.17) is 10.7 Å². The van der Waals surface area contributed by atoms with Crippen molar-refractivity contribution >= 4 is 28.8 Å². The summed E-state index contributed by atoms with van der Waals surface area (Å²) in [5.41, 5.74) is 7.75. The first-order chi connectivity index (χ1) is 15.9. The van der Waals surface area contributed by atoms with Crippen LogP contribution < -0.4 is 5.73 Å². The number of amides is 3. The highest BCUT2D eigenvalue weighted by Gasteiger charge is 2.52. The van der Waals surface area contributed by atoms with E-state index in [0.717, 1.165) is 36.0 Å². The predicted octanol–water partition coefficient (Wildman–Crippen LogP) is 1.27. The zero-order chi connectivity index (χ0) is 23.3. The zero-order valence-corrected chi connectivity index (χ0v) is 18.9. The number of piperidine rings is 1. The van der Waals surface area contributed by atoms with Crippen molar-refractivity contribution in [3.63, 3.8) is 0 Å². The van der Waals surface area contributed by atoms with E-state index in [-0.39, 0.29) is 18.5 Å². The van der Waals surface area contributed by atoms with Gasteiger partial charge < -0.3 is 20.4 Å². The van der Waals surface area contributed by atoms with Gasteiger partial charge in [-0.05, 0) is 25.8 Å². The van der Waals surface area contributed by atoms with Gasteiger partial charge in [-0.3, -0.25) is 9.69 Å². The van der Waals surface area contributed by atoms with E-state index in [2.05, 4.69) is 21.4 Å². The number of hydrogen-bond acceptors (Lipinski definition) is 8. The number of para-hydroxylation sites is 1. The molecule has 0 spiro atoms. The molecule has 172 valence electrons. The molecule has 0 bridgehead atoms. The second-order valence-electron chi connectivity index (χ2n) is 8.79. The number of benzene rings is 1. The lowest BCUT2D eigenvalue weighted by Gasteiger charge is -2.41.